The number of anilines is 1. The van der Waals surface area contributed by atoms with Gasteiger partial charge in [0.25, 0.3) is 5.91 Å². The maximum atomic E-state index is 12.8. The minimum Gasteiger partial charge on any atom is -0.370 e. The minimum absolute atomic E-state index is 0.0257. The smallest absolute Gasteiger partial charge is 0.278 e. The molecule has 0 atom stereocenters. The van der Waals surface area contributed by atoms with Crippen LogP contribution in [0.1, 0.15) is 22.5 Å². The Balaban J connectivity index is 2.41. The molecule has 1 aromatic heterocycles. The van der Waals surface area contributed by atoms with Crippen LogP contribution in [0.5, 0.6) is 0 Å². The van der Waals surface area contributed by atoms with E-state index in [4.69, 9.17) is 28.9 Å². The Labute approximate surface area is 144 Å². The fraction of sp³-hybridized carbons (Fsp3) is 0.188. The molecule has 1 aromatic carbocycles. The summed E-state index contributed by atoms with van der Waals surface area (Å²) in [7, 11) is 0. The van der Waals surface area contributed by atoms with Gasteiger partial charge in [0.1, 0.15) is 10.8 Å². The molecule has 0 fully saturated rings. The van der Waals surface area contributed by atoms with Gasteiger partial charge in [-0.25, -0.2) is 4.98 Å². The standard InChI is InChI=1S/C16H15Cl2N3O2/c1-10-3-2-4-11(9-10)21(8-7-14(19)22)16(23)15-12(17)5-6-13(18)20-15/h2-6,9H,7-8H2,1H3,(H2,19,22). The molecular formula is C16H15Cl2N3O2. The highest BCUT2D eigenvalue weighted by atomic mass is 35.5. The summed E-state index contributed by atoms with van der Waals surface area (Å²) in [5.41, 5.74) is 6.84. The first-order valence-corrected chi connectivity index (χ1v) is 7.63. The fourth-order valence-electron chi connectivity index (χ4n) is 2.06. The van der Waals surface area contributed by atoms with Crippen LogP contribution in [0.4, 0.5) is 5.69 Å². The maximum absolute atomic E-state index is 12.8. The summed E-state index contributed by atoms with van der Waals surface area (Å²) < 4.78 is 0. The van der Waals surface area contributed by atoms with Gasteiger partial charge in [-0.1, -0.05) is 35.3 Å². The Bertz CT molecular complexity index is 750. The molecule has 2 aromatic rings. The second kappa shape index (κ2) is 7.44. The number of nitrogens with two attached hydrogens (primary N) is 1. The summed E-state index contributed by atoms with van der Waals surface area (Å²) in [5.74, 6) is -0.940. The van der Waals surface area contributed by atoms with Gasteiger partial charge in [0.2, 0.25) is 5.91 Å². The highest BCUT2D eigenvalue weighted by molar-refractivity contribution is 6.35. The lowest BCUT2D eigenvalue weighted by atomic mass is 10.2. The van der Waals surface area contributed by atoms with Crippen molar-refractivity contribution in [3.8, 4) is 0 Å². The zero-order chi connectivity index (χ0) is 17.0. The average molecular weight is 352 g/mol. The maximum Gasteiger partial charge on any atom is 0.278 e. The Morgan fingerprint density at radius 2 is 1.96 bits per heavy atom. The van der Waals surface area contributed by atoms with E-state index in [0.717, 1.165) is 5.56 Å². The molecule has 0 aliphatic heterocycles. The Morgan fingerprint density at radius 1 is 1.22 bits per heavy atom. The van der Waals surface area contributed by atoms with Crippen molar-refractivity contribution in [2.45, 2.75) is 13.3 Å². The number of nitrogens with zero attached hydrogens (tertiary/aromatic N) is 2. The summed E-state index contributed by atoms with van der Waals surface area (Å²) in [4.78, 5) is 29.3. The van der Waals surface area contributed by atoms with Crippen LogP contribution >= 0.6 is 23.2 Å². The first kappa shape index (κ1) is 17.2. The molecule has 0 bridgehead atoms. The molecule has 0 aliphatic carbocycles. The van der Waals surface area contributed by atoms with Crippen LogP contribution in [-0.4, -0.2) is 23.3 Å². The van der Waals surface area contributed by atoms with Crippen LogP contribution in [0.3, 0.4) is 0 Å². The van der Waals surface area contributed by atoms with Crippen LogP contribution in [0.15, 0.2) is 36.4 Å². The number of primary amides is 1. The van der Waals surface area contributed by atoms with Gasteiger partial charge >= 0.3 is 0 Å². The molecule has 2 rings (SSSR count). The number of halogens is 2. The minimum atomic E-state index is -0.499. The molecule has 23 heavy (non-hydrogen) atoms. The van der Waals surface area contributed by atoms with Gasteiger partial charge in [-0.15, -0.1) is 0 Å². The van der Waals surface area contributed by atoms with Crippen LogP contribution in [0, 0.1) is 6.92 Å². The molecule has 0 saturated carbocycles. The number of benzene rings is 1. The van der Waals surface area contributed by atoms with Gasteiger partial charge in [0.15, 0.2) is 0 Å². The molecule has 1 heterocycles. The number of carbonyl (C=O) groups is 2. The van der Waals surface area contributed by atoms with E-state index in [1.165, 1.54) is 17.0 Å². The van der Waals surface area contributed by atoms with Gasteiger partial charge in [-0.2, -0.15) is 0 Å². The number of aryl methyl sites for hydroxylation is 1. The average Bonchev–Trinajstić information content (AvgIpc) is 2.49. The molecule has 2 N–H and O–H groups in total. The van der Waals surface area contributed by atoms with Gasteiger partial charge in [-0.05, 0) is 36.8 Å². The van der Waals surface area contributed by atoms with Crippen molar-refractivity contribution in [2.24, 2.45) is 5.73 Å². The third-order valence-electron chi connectivity index (χ3n) is 3.15. The van der Waals surface area contributed by atoms with Crippen molar-refractivity contribution >= 4 is 40.7 Å². The number of rotatable bonds is 5. The number of carbonyl (C=O) groups excluding carboxylic acids is 2. The van der Waals surface area contributed by atoms with Crippen LogP contribution in [0.25, 0.3) is 0 Å². The summed E-state index contributed by atoms with van der Waals surface area (Å²) in [6, 6.07) is 10.3. The molecule has 5 nitrogen and oxygen atoms in total. The zero-order valence-corrected chi connectivity index (χ0v) is 13.9. The number of aromatic nitrogens is 1. The molecule has 120 valence electrons. The Morgan fingerprint density at radius 3 is 2.61 bits per heavy atom. The summed E-state index contributed by atoms with van der Waals surface area (Å²) in [6.07, 6.45) is 0.0257. The van der Waals surface area contributed by atoms with E-state index in [9.17, 15) is 9.59 Å². The van der Waals surface area contributed by atoms with Gasteiger partial charge < -0.3 is 10.6 Å². The second-order valence-corrected chi connectivity index (χ2v) is 5.77. The van der Waals surface area contributed by atoms with Crippen molar-refractivity contribution in [3.63, 3.8) is 0 Å². The molecule has 0 spiro atoms. The molecule has 2 amide bonds. The lowest BCUT2D eigenvalue weighted by Gasteiger charge is -2.23. The number of hydrogen-bond acceptors (Lipinski definition) is 3. The Hall–Kier alpha value is -2.11. The molecule has 0 aliphatic rings. The van der Waals surface area contributed by atoms with Gasteiger partial charge in [-0.3, -0.25) is 9.59 Å². The number of hydrogen-bond donors (Lipinski definition) is 1. The lowest BCUT2D eigenvalue weighted by molar-refractivity contribution is -0.117. The van der Waals surface area contributed by atoms with Crippen molar-refractivity contribution in [1.29, 1.82) is 0 Å². The molecular weight excluding hydrogens is 337 g/mol. The quantitative estimate of drug-likeness (QED) is 0.840. The van der Waals surface area contributed by atoms with E-state index in [1.54, 1.807) is 6.07 Å². The van der Waals surface area contributed by atoms with Crippen molar-refractivity contribution in [1.82, 2.24) is 4.98 Å². The molecule has 0 radical (unpaired) electrons. The van der Waals surface area contributed by atoms with Crippen LogP contribution < -0.4 is 10.6 Å². The highest BCUT2D eigenvalue weighted by Crippen LogP contribution is 2.23. The van der Waals surface area contributed by atoms with Crippen molar-refractivity contribution in [3.05, 3.63) is 57.8 Å². The van der Waals surface area contributed by atoms with Gasteiger partial charge in [0.05, 0.1) is 5.02 Å². The molecule has 7 heteroatoms. The van der Waals surface area contributed by atoms with Crippen molar-refractivity contribution in [2.75, 3.05) is 11.4 Å². The second-order valence-electron chi connectivity index (χ2n) is 4.98. The SMILES string of the molecule is Cc1cccc(N(CCC(N)=O)C(=O)c2nc(Cl)ccc2Cl)c1. The van der Waals surface area contributed by atoms with Crippen LogP contribution in [-0.2, 0) is 4.79 Å². The summed E-state index contributed by atoms with van der Waals surface area (Å²) in [6.45, 7) is 2.03. The van der Waals surface area contributed by atoms with E-state index in [-0.39, 0.29) is 28.8 Å². The highest BCUT2D eigenvalue weighted by Gasteiger charge is 2.22. The topological polar surface area (TPSA) is 76.3 Å². The Kier molecular flexibility index (Phi) is 5.58. The third kappa shape index (κ3) is 4.43. The first-order valence-electron chi connectivity index (χ1n) is 6.87. The fourth-order valence-corrected chi connectivity index (χ4v) is 2.40. The van der Waals surface area contributed by atoms with E-state index in [1.807, 2.05) is 25.1 Å². The van der Waals surface area contributed by atoms with E-state index < -0.39 is 11.8 Å². The van der Waals surface area contributed by atoms with E-state index in [0.29, 0.717) is 5.69 Å². The molecule has 0 unspecified atom stereocenters. The molecule has 0 saturated heterocycles. The predicted octanol–water partition coefficient (Wildman–Crippen LogP) is 3.22. The van der Waals surface area contributed by atoms with E-state index in [2.05, 4.69) is 4.98 Å². The zero-order valence-electron chi connectivity index (χ0n) is 12.4. The number of amides is 2. The third-order valence-corrected chi connectivity index (χ3v) is 3.67. The van der Waals surface area contributed by atoms with Crippen LogP contribution in [0.2, 0.25) is 10.2 Å². The number of pyridine rings is 1. The monoisotopic (exact) mass is 351 g/mol. The first-order chi connectivity index (χ1) is 10.9. The summed E-state index contributed by atoms with van der Waals surface area (Å²) >= 11 is 11.9. The van der Waals surface area contributed by atoms with Crippen molar-refractivity contribution < 1.29 is 9.59 Å². The predicted molar refractivity (Wildman–Crippen MR) is 90.9 cm³/mol. The largest absolute Gasteiger partial charge is 0.370 e. The lowest BCUT2D eigenvalue weighted by Crippen LogP contribution is -2.34. The normalized spacial score (nSPS) is 10.4. The van der Waals surface area contributed by atoms with E-state index >= 15 is 0 Å². The summed E-state index contributed by atoms with van der Waals surface area (Å²) in [5, 5.41) is 0.355. The van der Waals surface area contributed by atoms with Gasteiger partial charge in [0, 0.05) is 18.7 Å².